The van der Waals surface area contributed by atoms with Crippen molar-refractivity contribution in [2.45, 2.75) is 70.1 Å². The van der Waals surface area contributed by atoms with E-state index in [0.717, 1.165) is 12.2 Å². The lowest BCUT2D eigenvalue weighted by atomic mass is 9.54. The molecule has 0 aliphatic heterocycles. The molecule has 0 bridgehead atoms. The van der Waals surface area contributed by atoms with Crippen LogP contribution < -0.4 is 5.73 Å². The highest BCUT2D eigenvalue weighted by Crippen LogP contribution is 2.57. The molecule has 3 aliphatic carbocycles. The molecule has 4 rings (SSSR count). The molecule has 11 heteroatoms. The van der Waals surface area contributed by atoms with Gasteiger partial charge in [-0.25, -0.2) is 0 Å². The summed E-state index contributed by atoms with van der Waals surface area (Å²) < 4.78 is 0. The van der Waals surface area contributed by atoms with Crippen LogP contribution >= 0.6 is 11.8 Å². The second kappa shape index (κ2) is 11.0. The molecule has 0 saturated heterocycles. The number of carbonyl (C=O) groups is 3. The Balaban J connectivity index is 2.02. The summed E-state index contributed by atoms with van der Waals surface area (Å²) in [6.45, 7) is 9.88. The monoisotopic (exact) mass is 602 g/mol. The maximum atomic E-state index is 14.3. The average Bonchev–Trinajstić information content (AvgIpc) is 2.86. The normalized spacial score (nSPS) is 29.6. The molecule has 0 radical (unpaired) electrons. The number of benzene rings is 1. The molecule has 7 N–H and O–H groups in total. The number of nitrogens with two attached hydrogens (primary N) is 1. The van der Waals surface area contributed by atoms with Crippen LogP contribution in [0.1, 0.15) is 63.6 Å². The van der Waals surface area contributed by atoms with Crippen molar-refractivity contribution in [2.24, 2.45) is 23.5 Å². The van der Waals surface area contributed by atoms with E-state index in [9.17, 15) is 39.9 Å². The van der Waals surface area contributed by atoms with Crippen LogP contribution in [0.15, 0.2) is 29.0 Å². The molecule has 0 unspecified atom stereocenters. The number of likely N-dealkylation sites (N-methyl/N-ethyl adjacent to an activating group) is 1. The van der Waals surface area contributed by atoms with Crippen LogP contribution in [0.3, 0.4) is 0 Å². The van der Waals surface area contributed by atoms with Crippen LogP contribution in [-0.2, 0) is 19.8 Å². The van der Waals surface area contributed by atoms with Crippen molar-refractivity contribution in [3.63, 3.8) is 0 Å². The van der Waals surface area contributed by atoms with E-state index >= 15 is 0 Å². The fourth-order valence-corrected chi connectivity index (χ4v) is 8.21. The zero-order valence-corrected chi connectivity index (χ0v) is 26.0. The Hall–Kier alpha value is -2.86. The highest BCUT2D eigenvalue weighted by Gasteiger charge is 2.68. The number of fused-ring (bicyclic) bond motifs is 3. The zero-order valence-electron chi connectivity index (χ0n) is 25.1. The van der Waals surface area contributed by atoms with E-state index in [1.807, 2.05) is 20.8 Å². The van der Waals surface area contributed by atoms with E-state index in [1.165, 1.54) is 19.0 Å². The predicted molar refractivity (Wildman–Crippen MR) is 160 cm³/mol. The number of Topliss-reactive ketones (excluding diaryl/α,β-unsaturated/α-hetero) is 2. The Labute approximate surface area is 250 Å². The first-order valence-electron chi connectivity index (χ1n) is 14.2. The largest absolute Gasteiger partial charge is 0.508 e. The Morgan fingerprint density at radius 3 is 2.29 bits per heavy atom. The number of thioether (sulfide) groups is 1. The summed E-state index contributed by atoms with van der Waals surface area (Å²) in [5.74, 6) is -7.12. The van der Waals surface area contributed by atoms with Gasteiger partial charge in [0.15, 0.2) is 11.4 Å². The van der Waals surface area contributed by atoms with E-state index in [2.05, 4.69) is 13.8 Å². The molecule has 230 valence electrons. The summed E-state index contributed by atoms with van der Waals surface area (Å²) >= 11 is 1.60. The molecule has 1 fully saturated rings. The lowest BCUT2D eigenvalue weighted by Gasteiger charge is -2.54. The van der Waals surface area contributed by atoms with Crippen molar-refractivity contribution in [3.05, 3.63) is 45.7 Å². The van der Waals surface area contributed by atoms with Gasteiger partial charge < -0.3 is 31.3 Å². The van der Waals surface area contributed by atoms with Gasteiger partial charge in [-0.2, -0.15) is 11.8 Å². The van der Waals surface area contributed by atoms with Gasteiger partial charge in [-0.3, -0.25) is 19.3 Å². The Morgan fingerprint density at radius 2 is 1.76 bits per heavy atom. The van der Waals surface area contributed by atoms with Gasteiger partial charge in [0.1, 0.15) is 22.8 Å². The molecule has 1 saturated carbocycles. The van der Waals surface area contributed by atoms with E-state index in [4.69, 9.17) is 5.73 Å². The Morgan fingerprint density at radius 1 is 1.14 bits per heavy atom. The number of amides is 1. The number of nitrogens with zero attached hydrogens (tertiary/aromatic N) is 1. The van der Waals surface area contributed by atoms with Gasteiger partial charge >= 0.3 is 0 Å². The molecule has 0 spiro atoms. The number of aliphatic hydroxyl groups excluding tert-OH is 3. The molecule has 42 heavy (non-hydrogen) atoms. The second-order valence-corrected chi connectivity index (χ2v) is 14.5. The molecule has 0 heterocycles. The number of primary amides is 1. The fourth-order valence-electron chi connectivity index (χ4n) is 6.77. The van der Waals surface area contributed by atoms with Crippen LogP contribution in [-0.4, -0.2) is 91.3 Å². The first kappa shape index (κ1) is 32.1. The van der Waals surface area contributed by atoms with Crippen molar-refractivity contribution in [3.8, 4) is 5.75 Å². The van der Waals surface area contributed by atoms with Crippen LogP contribution in [0.25, 0.3) is 5.76 Å². The molecular formula is C31H42N2O8S. The van der Waals surface area contributed by atoms with Crippen molar-refractivity contribution in [1.82, 2.24) is 4.90 Å². The number of phenols is 1. The Kier molecular flexibility index (Phi) is 8.40. The third-order valence-electron chi connectivity index (χ3n) is 8.88. The summed E-state index contributed by atoms with van der Waals surface area (Å²) in [7, 11) is 2.98. The third kappa shape index (κ3) is 4.74. The first-order chi connectivity index (χ1) is 19.4. The molecule has 6 atom stereocenters. The van der Waals surface area contributed by atoms with E-state index < -0.39 is 75.5 Å². The number of ketones is 2. The zero-order chi connectivity index (χ0) is 31.6. The summed E-state index contributed by atoms with van der Waals surface area (Å²) in [4.78, 5) is 41.4. The average molecular weight is 603 g/mol. The van der Waals surface area contributed by atoms with Gasteiger partial charge in [0.05, 0.1) is 23.6 Å². The topological polar surface area (TPSA) is 182 Å². The minimum absolute atomic E-state index is 0.0281. The number of aromatic hydroxyl groups is 1. The van der Waals surface area contributed by atoms with E-state index in [-0.39, 0.29) is 16.9 Å². The van der Waals surface area contributed by atoms with Gasteiger partial charge in [0.2, 0.25) is 5.78 Å². The summed E-state index contributed by atoms with van der Waals surface area (Å²) in [6.07, 6.45) is -0.696. The molecule has 1 aromatic carbocycles. The van der Waals surface area contributed by atoms with Gasteiger partial charge in [-0.05, 0) is 43.2 Å². The van der Waals surface area contributed by atoms with E-state index in [1.54, 1.807) is 23.9 Å². The predicted octanol–water partition coefficient (Wildman–Crippen LogP) is 2.55. The highest BCUT2D eigenvalue weighted by atomic mass is 32.2. The van der Waals surface area contributed by atoms with Gasteiger partial charge in [0.25, 0.3) is 5.91 Å². The number of phenolic OH excluding ortho intramolecular Hbond substituents is 1. The van der Waals surface area contributed by atoms with Crippen LogP contribution in [0, 0.1) is 17.8 Å². The smallest absolute Gasteiger partial charge is 0.255 e. The molecule has 0 aromatic heterocycles. The van der Waals surface area contributed by atoms with Crippen LogP contribution in [0.2, 0.25) is 0 Å². The second-order valence-electron chi connectivity index (χ2n) is 13.3. The number of rotatable bonds is 7. The maximum absolute atomic E-state index is 14.3. The van der Waals surface area contributed by atoms with Crippen molar-refractivity contribution < 1.29 is 39.9 Å². The lowest BCUT2D eigenvalue weighted by Crippen LogP contribution is -2.70. The van der Waals surface area contributed by atoms with Gasteiger partial charge in [0, 0.05) is 28.7 Å². The summed E-state index contributed by atoms with van der Waals surface area (Å²) in [5, 5.41) is 58.2. The molecule has 10 nitrogen and oxygen atoms in total. The highest BCUT2D eigenvalue weighted by molar-refractivity contribution is 7.99. The quantitative estimate of drug-likeness (QED) is 0.200. The number of aliphatic hydroxyl groups is 4. The van der Waals surface area contributed by atoms with Gasteiger partial charge in [-0.15, -0.1) is 0 Å². The number of hydrogen-bond acceptors (Lipinski definition) is 10. The van der Waals surface area contributed by atoms with E-state index in [0.29, 0.717) is 22.8 Å². The number of hydrogen-bond donors (Lipinski definition) is 6. The van der Waals surface area contributed by atoms with Gasteiger partial charge in [-0.1, -0.05) is 46.8 Å². The molecular weight excluding hydrogens is 560 g/mol. The standard InChI is InChI=1S/C31H42N2O8S/c1-13(2)10-11-42-12-15-14-8-9-16(30(3,4)5)23(34)18(14)24(35)19-17(15)25(36)21-22(33(6)7)26(37)20(29(32)40)28(39)31(21,41)27(19)38/h8-9,13,15,17,21-22,25,34-36,39,41H,10-12H2,1-7H3,(H2,32,40)/t15-,17+,21+,22-,25-,31-/m0/s1. The lowest BCUT2D eigenvalue weighted by molar-refractivity contribution is -0.169. The molecule has 1 amide bonds. The Bertz CT molecular complexity index is 1390. The van der Waals surface area contributed by atoms with Crippen LogP contribution in [0.5, 0.6) is 5.75 Å². The van der Waals surface area contributed by atoms with Crippen molar-refractivity contribution in [1.29, 1.82) is 0 Å². The minimum atomic E-state index is -2.93. The first-order valence-corrected chi connectivity index (χ1v) is 15.3. The summed E-state index contributed by atoms with van der Waals surface area (Å²) in [5.41, 5.74) is 1.73. The fraction of sp³-hybridized carbons (Fsp3) is 0.581. The molecule has 1 aromatic rings. The number of carbonyl (C=O) groups excluding carboxylic acids is 3. The maximum Gasteiger partial charge on any atom is 0.255 e. The molecule has 3 aliphatic rings. The SMILES string of the molecule is CC(C)CCSC[C@H]1c2ccc(C(C)(C)C)c(O)c2C(O)=C2C(=O)[C@]3(O)C(O)=C(C(N)=O)C(=O)[C@@H](N(C)C)[C@@H]3[C@@H](O)[C@@H]21. The third-order valence-corrected chi connectivity index (χ3v) is 10.00. The van der Waals surface area contributed by atoms with Crippen molar-refractivity contribution in [2.75, 3.05) is 25.6 Å². The van der Waals surface area contributed by atoms with Crippen molar-refractivity contribution >= 4 is 35.0 Å². The van der Waals surface area contributed by atoms with Crippen LogP contribution in [0.4, 0.5) is 0 Å². The minimum Gasteiger partial charge on any atom is -0.508 e. The summed E-state index contributed by atoms with van der Waals surface area (Å²) in [6, 6.07) is 2.17.